The van der Waals surface area contributed by atoms with Crippen LogP contribution in [0.2, 0.25) is 0 Å². The first-order chi connectivity index (χ1) is 7.08. The van der Waals surface area contributed by atoms with E-state index >= 15 is 0 Å². The van der Waals surface area contributed by atoms with Gasteiger partial charge < -0.3 is 4.74 Å². The number of aryl methyl sites for hydroxylation is 2. The minimum absolute atomic E-state index is 0.114. The molecule has 0 aliphatic rings. The molecule has 0 bridgehead atoms. The molecule has 1 aromatic heterocycles. The van der Waals surface area contributed by atoms with E-state index in [9.17, 15) is 4.79 Å². The highest BCUT2D eigenvalue weighted by molar-refractivity contribution is 5.84. The van der Waals surface area contributed by atoms with Crippen LogP contribution in [0, 0.1) is 6.92 Å². The normalized spacial score (nSPS) is 12.8. The Balaban J connectivity index is 2.69. The lowest BCUT2D eigenvalue weighted by molar-refractivity contribution is -0.128. The van der Waals surface area contributed by atoms with E-state index in [0.29, 0.717) is 12.8 Å². The van der Waals surface area contributed by atoms with Crippen LogP contribution in [0.3, 0.4) is 0 Å². The molecule has 0 fully saturated rings. The van der Waals surface area contributed by atoms with Crippen LogP contribution in [-0.2, 0) is 23.0 Å². The lowest BCUT2D eigenvalue weighted by Gasteiger charge is -2.11. The highest BCUT2D eigenvalue weighted by atomic mass is 16.5. The van der Waals surface area contributed by atoms with Gasteiger partial charge >= 0.3 is 0 Å². The summed E-state index contributed by atoms with van der Waals surface area (Å²) in [6.45, 7) is 3.86. The molecule has 0 spiro atoms. The van der Waals surface area contributed by atoms with Crippen molar-refractivity contribution in [3.05, 3.63) is 17.5 Å². The molecule has 1 atom stereocenters. The largest absolute Gasteiger partial charge is 0.374 e. The quantitative estimate of drug-likeness (QED) is 0.735. The van der Waals surface area contributed by atoms with Crippen molar-refractivity contribution in [1.29, 1.82) is 0 Å². The topological polar surface area (TPSA) is 44.1 Å². The zero-order valence-corrected chi connectivity index (χ0v) is 9.78. The van der Waals surface area contributed by atoms with E-state index in [2.05, 4.69) is 5.10 Å². The number of Topliss-reactive ketones (excluding diaryl/α,β-unsaturated/α-hetero) is 1. The Hall–Kier alpha value is -1.16. The van der Waals surface area contributed by atoms with E-state index in [0.717, 1.165) is 11.4 Å². The SMILES string of the molecule is CCC(OC)C(=O)Cc1cc(C)nn1C. The van der Waals surface area contributed by atoms with Crippen molar-refractivity contribution in [1.82, 2.24) is 9.78 Å². The van der Waals surface area contributed by atoms with E-state index in [4.69, 9.17) is 4.74 Å². The van der Waals surface area contributed by atoms with E-state index in [1.165, 1.54) is 0 Å². The summed E-state index contributed by atoms with van der Waals surface area (Å²) < 4.78 is 6.85. The van der Waals surface area contributed by atoms with Gasteiger partial charge in [-0.1, -0.05) is 6.92 Å². The van der Waals surface area contributed by atoms with Crippen LogP contribution < -0.4 is 0 Å². The molecule has 84 valence electrons. The van der Waals surface area contributed by atoms with Gasteiger partial charge in [-0.2, -0.15) is 5.10 Å². The second-order valence-corrected chi connectivity index (χ2v) is 3.68. The minimum atomic E-state index is -0.291. The van der Waals surface area contributed by atoms with Crippen LogP contribution in [0.15, 0.2) is 6.07 Å². The summed E-state index contributed by atoms with van der Waals surface area (Å²) in [4.78, 5) is 11.8. The van der Waals surface area contributed by atoms with Crippen molar-refractivity contribution in [2.75, 3.05) is 7.11 Å². The highest BCUT2D eigenvalue weighted by Gasteiger charge is 2.17. The molecule has 1 heterocycles. The second kappa shape index (κ2) is 5.07. The molecular formula is C11H18N2O2. The van der Waals surface area contributed by atoms with Crippen LogP contribution in [0.1, 0.15) is 24.7 Å². The maximum atomic E-state index is 11.8. The average Bonchev–Trinajstić information content (AvgIpc) is 2.47. The monoisotopic (exact) mass is 210 g/mol. The summed E-state index contributed by atoms with van der Waals surface area (Å²) in [5.74, 6) is 0.114. The zero-order valence-electron chi connectivity index (χ0n) is 9.78. The van der Waals surface area contributed by atoms with Crippen LogP contribution in [-0.4, -0.2) is 28.8 Å². The number of hydrogen-bond acceptors (Lipinski definition) is 3. The van der Waals surface area contributed by atoms with Gasteiger partial charge in [0.15, 0.2) is 5.78 Å². The average molecular weight is 210 g/mol. The standard InChI is InChI=1S/C11H18N2O2/c1-5-11(15-4)10(14)7-9-6-8(2)12-13(9)3/h6,11H,5,7H2,1-4H3. The molecule has 0 amide bonds. The van der Waals surface area contributed by atoms with Crippen molar-refractivity contribution < 1.29 is 9.53 Å². The summed E-state index contributed by atoms with van der Waals surface area (Å²) in [5, 5.41) is 4.20. The molecule has 0 radical (unpaired) electrons. The molecule has 0 saturated heterocycles. The molecule has 1 rings (SSSR count). The van der Waals surface area contributed by atoms with E-state index < -0.39 is 0 Å². The van der Waals surface area contributed by atoms with Crippen LogP contribution in [0.5, 0.6) is 0 Å². The van der Waals surface area contributed by atoms with Crippen LogP contribution in [0.25, 0.3) is 0 Å². The van der Waals surface area contributed by atoms with Crippen molar-refractivity contribution in [3.63, 3.8) is 0 Å². The summed E-state index contributed by atoms with van der Waals surface area (Å²) >= 11 is 0. The fourth-order valence-corrected chi connectivity index (χ4v) is 1.65. The van der Waals surface area contributed by atoms with Gasteiger partial charge in [-0.25, -0.2) is 0 Å². The molecular weight excluding hydrogens is 192 g/mol. The number of hydrogen-bond donors (Lipinski definition) is 0. The van der Waals surface area contributed by atoms with Gasteiger partial charge in [0.1, 0.15) is 6.10 Å². The lowest BCUT2D eigenvalue weighted by Crippen LogP contribution is -2.24. The summed E-state index contributed by atoms with van der Waals surface area (Å²) in [5.41, 5.74) is 1.87. The first-order valence-corrected chi connectivity index (χ1v) is 5.13. The van der Waals surface area contributed by atoms with E-state index in [-0.39, 0.29) is 11.9 Å². The number of carbonyl (C=O) groups excluding carboxylic acids is 1. The first-order valence-electron chi connectivity index (χ1n) is 5.13. The number of rotatable bonds is 5. The van der Waals surface area contributed by atoms with E-state index in [1.807, 2.05) is 27.0 Å². The first kappa shape index (κ1) is 11.9. The molecule has 15 heavy (non-hydrogen) atoms. The van der Waals surface area contributed by atoms with Gasteiger partial charge in [-0.15, -0.1) is 0 Å². The predicted molar refractivity (Wildman–Crippen MR) is 57.7 cm³/mol. The number of nitrogens with zero attached hydrogens (tertiary/aromatic N) is 2. The molecule has 0 saturated carbocycles. The number of aromatic nitrogens is 2. The number of ketones is 1. The van der Waals surface area contributed by atoms with Gasteiger partial charge in [0.25, 0.3) is 0 Å². The van der Waals surface area contributed by atoms with Gasteiger partial charge in [-0.05, 0) is 19.4 Å². The van der Waals surface area contributed by atoms with Gasteiger partial charge in [0.2, 0.25) is 0 Å². The lowest BCUT2D eigenvalue weighted by atomic mass is 10.1. The third-order valence-electron chi connectivity index (χ3n) is 2.47. The smallest absolute Gasteiger partial charge is 0.167 e. The number of methoxy groups -OCH3 is 1. The third-order valence-corrected chi connectivity index (χ3v) is 2.47. The van der Waals surface area contributed by atoms with Crippen molar-refractivity contribution in [2.45, 2.75) is 32.8 Å². The fourth-order valence-electron chi connectivity index (χ4n) is 1.65. The molecule has 0 N–H and O–H groups in total. The molecule has 4 heteroatoms. The predicted octanol–water partition coefficient (Wildman–Crippen LogP) is 1.27. The van der Waals surface area contributed by atoms with E-state index in [1.54, 1.807) is 11.8 Å². The van der Waals surface area contributed by atoms with Gasteiger partial charge in [0.05, 0.1) is 12.1 Å². The molecule has 1 unspecified atom stereocenters. The summed E-state index contributed by atoms with van der Waals surface area (Å²) in [6, 6.07) is 1.93. The van der Waals surface area contributed by atoms with Crippen molar-refractivity contribution >= 4 is 5.78 Å². The van der Waals surface area contributed by atoms with Crippen LogP contribution >= 0.6 is 0 Å². The third kappa shape index (κ3) is 2.89. The molecule has 1 aromatic rings. The molecule has 0 aromatic carbocycles. The Morgan fingerprint density at radius 1 is 1.67 bits per heavy atom. The Morgan fingerprint density at radius 3 is 2.73 bits per heavy atom. The van der Waals surface area contributed by atoms with Crippen molar-refractivity contribution in [2.24, 2.45) is 7.05 Å². The Labute approximate surface area is 90.2 Å². The van der Waals surface area contributed by atoms with Crippen LogP contribution in [0.4, 0.5) is 0 Å². The Kier molecular flexibility index (Phi) is 4.03. The molecule has 4 nitrogen and oxygen atoms in total. The zero-order chi connectivity index (χ0) is 11.4. The summed E-state index contributed by atoms with van der Waals surface area (Å²) in [7, 11) is 3.42. The van der Waals surface area contributed by atoms with Gasteiger partial charge in [0, 0.05) is 19.9 Å². The van der Waals surface area contributed by atoms with Crippen molar-refractivity contribution in [3.8, 4) is 0 Å². The Morgan fingerprint density at radius 2 is 2.33 bits per heavy atom. The van der Waals surface area contributed by atoms with Gasteiger partial charge in [-0.3, -0.25) is 9.48 Å². The molecule has 0 aliphatic carbocycles. The minimum Gasteiger partial charge on any atom is -0.374 e. The summed E-state index contributed by atoms with van der Waals surface area (Å²) in [6.07, 6.45) is 0.816. The number of carbonyl (C=O) groups is 1. The Bertz CT molecular complexity index is 340. The number of ether oxygens (including phenoxy) is 1. The maximum absolute atomic E-state index is 11.8. The highest BCUT2D eigenvalue weighted by Crippen LogP contribution is 2.07. The maximum Gasteiger partial charge on any atom is 0.167 e. The molecule has 0 aliphatic heterocycles. The fraction of sp³-hybridized carbons (Fsp3) is 0.636. The second-order valence-electron chi connectivity index (χ2n) is 3.68.